The van der Waals surface area contributed by atoms with Crippen molar-refractivity contribution in [3.63, 3.8) is 0 Å². The molecule has 8 nitrogen and oxygen atoms in total. The second kappa shape index (κ2) is 5.78. The summed E-state index contributed by atoms with van der Waals surface area (Å²) in [4.78, 5) is 32.4. The van der Waals surface area contributed by atoms with E-state index in [4.69, 9.17) is 10.8 Å². The van der Waals surface area contributed by atoms with Crippen LogP contribution in [0.3, 0.4) is 0 Å². The van der Waals surface area contributed by atoms with Gasteiger partial charge in [0.2, 0.25) is 5.91 Å². The van der Waals surface area contributed by atoms with Crippen LogP contribution in [-0.4, -0.2) is 27.9 Å². The molecule has 2 unspecified atom stereocenters. The lowest BCUT2D eigenvalue weighted by atomic mass is 10.1. The normalized spacial score (nSPS) is 21.0. The minimum absolute atomic E-state index is 0.0575. The van der Waals surface area contributed by atoms with E-state index in [9.17, 15) is 19.7 Å². The third kappa shape index (κ3) is 3.28. The number of anilines is 1. The first-order chi connectivity index (χ1) is 9.88. The van der Waals surface area contributed by atoms with Crippen LogP contribution in [-0.2, 0) is 4.79 Å². The van der Waals surface area contributed by atoms with Gasteiger partial charge in [-0.25, -0.2) is 0 Å². The summed E-state index contributed by atoms with van der Waals surface area (Å²) in [6.07, 6.45) is 1.59. The van der Waals surface area contributed by atoms with Crippen LogP contribution in [0, 0.1) is 16.0 Å². The van der Waals surface area contributed by atoms with Gasteiger partial charge in [0.25, 0.3) is 5.69 Å². The van der Waals surface area contributed by atoms with Gasteiger partial charge in [0.05, 0.1) is 10.8 Å². The molecule has 2 rings (SSSR count). The molecule has 1 aliphatic rings. The fourth-order valence-corrected chi connectivity index (χ4v) is 2.51. The number of carboxylic acids is 1. The van der Waals surface area contributed by atoms with E-state index in [1.165, 1.54) is 12.1 Å². The highest BCUT2D eigenvalue weighted by Gasteiger charge is 2.30. The number of carbonyl (C=O) groups is 2. The molecule has 0 spiro atoms. The average Bonchev–Trinajstić information content (AvgIpc) is 2.87. The zero-order valence-electron chi connectivity index (χ0n) is 11.1. The Morgan fingerprint density at radius 1 is 1.38 bits per heavy atom. The van der Waals surface area contributed by atoms with Crippen molar-refractivity contribution in [1.29, 1.82) is 0 Å². The van der Waals surface area contributed by atoms with Crippen molar-refractivity contribution in [2.75, 3.05) is 5.32 Å². The lowest BCUT2D eigenvalue weighted by Gasteiger charge is -2.14. The molecule has 0 aromatic heterocycles. The van der Waals surface area contributed by atoms with Crippen LogP contribution in [0.1, 0.15) is 29.6 Å². The highest BCUT2D eigenvalue weighted by Crippen LogP contribution is 2.32. The zero-order chi connectivity index (χ0) is 15.6. The third-order valence-electron chi connectivity index (χ3n) is 3.62. The Morgan fingerprint density at radius 2 is 2.10 bits per heavy atom. The van der Waals surface area contributed by atoms with Gasteiger partial charge in [0.15, 0.2) is 0 Å². The van der Waals surface area contributed by atoms with Crippen LogP contribution in [0.25, 0.3) is 0 Å². The Bertz CT molecular complexity index is 601. The van der Waals surface area contributed by atoms with E-state index in [2.05, 4.69) is 5.32 Å². The molecule has 2 atom stereocenters. The molecule has 4 N–H and O–H groups in total. The molecule has 0 bridgehead atoms. The number of nitrogens with two attached hydrogens (primary N) is 1. The van der Waals surface area contributed by atoms with Crippen molar-refractivity contribution in [3.8, 4) is 0 Å². The Hall–Kier alpha value is -2.64. The molecule has 1 saturated carbocycles. The maximum Gasteiger partial charge on any atom is 0.306 e. The molecular weight excluding hydrogens is 278 g/mol. The number of nitrogens with one attached hydrogen (secondary N) is 1. The lowest BCUT2D eigenvalue weighted by molar-refractivity contribution is -0.384. The fourth-order valence-electron chi connectivity index (χ4n) is 2.51. The number of nitrogens with zero attached hydrogens (tertiary/aromatic N) is 1. The van der Waals surface area contributed by atoms with Crippen molar-refractivity contribution >= 4 is 23.3 Å². The summed E-state index contributed by atoms with van der Waals surface area (Å²) in [6, 6.07) is 3.81. The van der Waals surface area contributed by atoms with Crippen LogP contribution in [0.15, 0.2) is 18.2 Å². The Labute approximate surface area is 120 Å². The van der Waals surface area contributed by atoms with Crippen LogP contribution in [0.4, 0.5) is 11.4 Å². The quantitative estimate of drug-likeness (QED) is 0.554. The molecule has 1 aromatic rings. The van der Waals surface area contributed by atoms with Crippen LogP contribution in [0.2, 0.25) is 0 Å². The monoisotopic (exact) mass is 293 g/mol. The fraction of sp³-hybridized carbons (Fsp3) is 0.385. The minimum Gasteiger partial charge on any atom is -0.481 e. The van der Waals surface area contributed by atoms with Gasteiger partial charge in [-0.1, -0.05) is 0 Å². The molecule has 21 heavy (non-hydrogen) atoms. The minimum atomic E-state index is -0.849. The molecular formula is C13H15N3O5. The van der Waals surface area contributed by atoms with E-state index in [1.54, 1.807) is 0 Å². The van der Waals surface area contributed by atoms with Gasteiger partial charge in [-0.15, -0.1) is 0 Å². The van der Waals surface area contributed by atoms with Crippen molar-refractivity contribution in [2.45, 2.75) is 25.3 Å². The molecule has 0 radical (unpaired) electrons. The van der Waals surface area contributed by atoms with Crippen molar-refractivity contribution in [3.05, 3.63) is 33.9 Å². The van der Waals surface area contributed by atoms with Crippen LogP contribution < -0.4 is 11.1 Å². The smallest absolute Gasteiger partial charge is 0.306 e. The number of hydrogen-bond acceptors (Lipinski definition) is 5. The van der Waals surface area contributed by atoms with E-state index in [0.717, 1.165) is 6.07 Å². The van der Waals surface area contributed by atoms with E-state index < -0.39 is 22.7 Å². The summed E-state index contributed by atoms with van der Waals surface area (Å²) in [5.41, 5.74) is 5.18. The Kier molecular flexibility index (Phi) is 4.06. The molecule has 1 amide bonds. The summed E-state index contributed by atoms with van der Waals surface area (Å²) < 4.78 is 0. The number of carbonyl (C=O) groups excluding carboxylic acids is 1. The molecule has 1 aliphatic carbocycles. The number of hydrogen-bond donors (Lipinski definition) is 3. The molecule has 1 aromatic carbocycles. The summed E-state index contributed by atoms with van der Waals surface area (Å²) >= 11 is 0. The van der Waals surface area contributed by atoms with Gasteiger partial charge in [-0.2, -0.15) is 0 Å². The number of rotatable bonds is 5. The number of primary amides is 1. The SMILES string of the molecule is NC(=O)c1ccc(NC2CCC(C(=O)O)C2)c([N+](=O)[O-])c1. The molecule has 0 aliphatic heterocycles. The van der Waals surface area contributed by atoms with Crippen LogP contribution in [0.5, 0.6) is 0 Å². The predicted molar refractivity (Wildman–Crippen MR) is 74.0 cm³/mol. The third-order valence-corrected chi connectivity index (χ3v) is 3.62. The Balaban J connectivity index is 2.18. The highest BCUT2D eigenvalue weighted by atomic mass is 16.6. The maximum atomic E-state index is 11.1. The number of nitro groups is 1. The lowest BCUT2D eigenvalue weighted by Crippen LogP contribution is -2.19. The number of nitro benzene ring substituents is 1. The standard InChI is InChI=1S/C13H15N3O5/c14-12(17)7-2-4-10(11(6-7)16(20)21)15-9-3-1-8(5-9)13(18)19/h2,4,6,8-9,15H,1,3,5H2,(H2,14,17)(H,18,19). The first-order valence-electron chi connectivity index (χ1n) is 6.46. The largest absolute Gasteiger partial charge is 0.481 e. The first kappa shape index (κ1) is 14.8. The predicted octanol–water partition coefficient (Wildman–Crippen LogP) is 1.36. The number of benzene rings is 1. The molecule has 112 valence electrons. The van der Waals surface area contributed by atoms with E-state index in [0.29, 0.717) is 19.3 Å². The number of aliphatic carboxylic acids is 1. The van der Waals surface area contributed by atoms with Crippen molar-refractivity contribution in [2.24, 2.45) is 11.7 Å². The van der Waals surface area contributed by atoms with Gasteiger partial charge >= 0.3 is 5.97 Å². The van der Waals surface area contributed by atoms with E-state index in [-0.39, 0.29) is 23.0 Å². The second-order valence-corrected chi connectivity index (χ2v) is 5.04. The van der Waals surface area contributed by atoms with Gasteiger partial charge in [-0.05, 0) is 31.4 Å². The second-order valence-electron chi connectivity index (χ2n) is 5.04. The highest BCUT2D eigenvalue weighted by molar-refractivity contribution is 5.94. The van der Waals surface area contributed by atoms with Gasteiger partial charge < -0.3 is 16.2 Å². The Morgan fingerprint density at radius 3 is 2.62 bits per heavy atom. The van der Waals surface area contributed by atoms with E-state index >= 15 is 0 Å². The first-order valence-corrected chi connectivity index (χ1v) is 6.46. The van der Waals surface area contributed by atoms with Crippen molar-refractivity contribution < 1.29 is 19.6 Å². The summed E-state index contributed by atoms with van der Waals surface area (Å²) in [5, 5.41) is 23.0. The topological polar surface area (TPSA) is 136 Å². The van der Waals surface area contributed by atoms with Crippen LogP contribution >= 0.6 is 0 Å². The zero-order valence-corrected chi connectivity index (χ0v) is 11.1. The van der Waals surface area contributed by atoms with E-state index in [1.807, 2.05) is 0 Å². The van der Waals surface area contributed by atoms with Gasteiger partial charge in [-0.3, -0.25) is 19.7 Å². The summed E-state index contributed by atoms with van der Waals surface area (Å²) in [7, 11) is 0. The molecule has 0 saturated heterocycles. The number of amides is 1. The molecule has 1 fully saturated rings. The number of carboxylic acid groups (broad SMARTS) is 1. The maximum absolute atomic E-state index is 11.1. The summed E-state index contributed by atoms with van der Waals surface area (Å²) in [5.74, 6) is -2.01. The van der Waals surface area contributed by atoms with Gasteiger partial charge in [0, 0.05) is 17.7 Å². The summed E-state index contributed by atoms with van der Waals surface area (Å²) in [6.45, 7) is 0. The molecule has 8 heteroatoms. The molecule has 0 heterocycles. The average molecular weight is 293 g/mol. The van der Waals surface area contributed by atoms with Gasteiger partial charge in [0.1, 0.15) is 5.69 Å². The van der Waals surface area contributed by atoms with Crippen molar-refractivity contribution in [1.82, 2.24) is 0 Å².